The summed E-state index contributed by atoms with van der Waals surface area (Å²) in [7, 11) is 1.31. The van der Waals surface area contributed by atoms with Crippen molar-refractivity contribution in [2.45, 2.75) is 0 Å². The molecule has 4 rings (SSSR count). The van der Waals surface area contributed by atoms with E-state index in [1.807, 2.05) is 0 Å². The third-order valence-corrected chi connectivity index (χ3v) is 5.01. The van der Waals surface area contributed by atoms with Crippen LogP contribution in [0.4, 0.5) is 10.2 Å². The molecule has 29 heavy (non-hydrogen) atoms. The van der Waals surface area contributed by atoms with Gasteiger partial charge in [-0.15, -0.1) is 4.73 Å². The van der Waals surface area contributed by atoms with E-state index in [9.17, 15) is 9.18 Å². The van der Waals surface area contributed by atoms with Gasteiger partial charge in [0.15, 0.2) is 11.5 Å². The lowest BCUT2D eigenvalue weighted by Gasteiger charge is -2.14. The van der Waals surface area contributed by atoms with Gasteiger partial charge in [0.1, 0.15) is 18.7 Å². The van der Waals surface area contributed by atoms with Gasteiger partial charge < -0.3 is 10.6 Å². The number of rotatable bonds is 3. The Morgan fingerprint density at radius 3 is 2.38 bits per heavy atom. The van der Waals surface area contributed by atoms with Gasteiger partial charge in [-0.1, -0.05) is 41.4 Å². The summed E-state index contributed by atoms with van der Waals surface area (Å²) in [5.74, 6) is -0.442. The maximum atomic E-state index is 14.2. The highest BCUT2D eigenvalue weighted by Gasteiger charge is 2.20. The highest BCUT2D eigenvalue weighted by atomic mass is 35.5. The minimum Gasteiger partial charge on any atom is -0.412 e. The summed E-state index contributed by atoms with van der Waals surface area (Å²) < 4.78 is 15.1. The summed E-state index contributed by atoms with van der Waals surface area (Å²) in [6, 6.07) is 12.4. The number of aromatic nitrogens is 3. The van der Waals surface area contributed by atoms with E-state index in [1.165, 1.54) is 25.3 Å². The van der Waals surface area contributed by atoms with Crippen molar-refractivity contribution in [2.75, 3.05) is 12.8 Å². The molecule has 0 bridgehead atoms. The molecule has 146 valence electrons. The molecular weight excluding hydrogens is 418 g/mol. The number of pyridine rings is 1. The second-order valence-corrected chi connectivity index (χ2v) is 6.90. The van der Waals surface area contributed by atoms with Crippen molar-refractivity contribution in [1.82, 2.24) is 14.7 Å². The van der Waals surface area contributed by atoms with E-state index in [4.69, 9.17) is 33.8 Å². The van der Waals surface area contributed by atoms with Gasteiger partial charge in [0.25, 0.3) is 5.56 Å². The second kappa shape index (κ2) is 7.35. The van der Waals surface area contributed by atoms with Gasteiger partial charge in [-0.2, -0.15) is 0 Å². The molecule has 0 aliphatic heterocycles. The van der Waals surface area contributed by atoms with Crippen LogP contribution < -0.4 is 16.1 Å². The second-order valence-electron chi connectivity index (χ2n) is 6.09. The number of anilines is 1. The summed E-state index contributed by atoms with van der Waals surface area (Å²) in [5, 5.41) is 0.913. The van der Waals surface area contributed by atoms with Crippen molar-refractivity contribution in [3.63, 3.8) is 0 Å². The largest absolute Gasteiger partial charge is 0.412 e. The lowest BCUT2D eigenvalue weighted by molar-refractivity contribution is 0.168. The number of nitrogen functional groups attached to an aromatic ring is 1. The van der Waals surface area contributed by atoms with Crippen molar-refractivity contribution in [1.29, 1.82) is 0 Å². The Labute approximate surface area is 174 Å². The highest BCUT2D eigenvalue weighted by Crippen LogP contribution is 2.34. The van der Waals surface area contributed by atoms with Gasteiger partial charge in [-0.3, -0.25) is 4.79 Å². The van der Waals surface area contributed by atoms with Gasteiger partial charge in [0.05, 0.1) is 26.6 Å². The lowest BCUT2D eigenvalue weighted by Crippen LogP contribution is -2.27. The fourth-order valence-electron chi connectivity index (χ4n) is 3.05. The third kappa shape index (κ3) is 3.18. The molecule has 2 heterocycles. The topological polar surface area (TPSA) is 83.0 Å². The number of halogens is 3. The van der Waals surface area contributed by atoms with Crippen molar-refractivity contribution in [2.24, 2.45) is 0 Å². The van der Waals surface area contributed by atoms with Gasteiger partial charge >= 0.3 is 0 Å². The van der Waals surface area contributed by atoms with E-state index in [2.05, 4.69) is 9.97 Å². The Bertz CT molecular complexity index is 1300. The number of benzene rings is 2. The standard InChI is InChI=1S/C20H13Cl2FN4O2/c1-29-27-19-12(9-11(20(27)28)16-13(21)6-4-7-14(16)22)17(24)25-18(26-19)10-5-2-3-8-15(10)23/h2-9H,1H3,(H2,24,25,26). The predicted molar refractivity (Wildman–Crippen MR) is 112 cm³/mol. The quantitative estimate of drug-likeness (QED) is 0.526. The zero-order valence-corrected chi connectivity index (χ0v) is 16.5. The molecule has 0 fully saturated rings. The van der Waals surface area contributed by atoms with Crippen LogP contribution in [0.1, 0.15) is 0 Å². The minimum atomic E-state index is -0.549. The van der Waals surface area contributed by atoms with Crippen LogP contribution in [-0.4, -0.2) is 21.8 Å². The SMILES string of the molecule is COn1c(=O)c(-c2c(Cl)cccc2Cl)cc2c(N)nc(-c3ccccc3F)nc21. The van der Waals surface area contributed by atoms with E-state index < -0.39 is 11.4 Å². The van der Waals surface area contributed by atoms with Crippen LogP contribution in [0.5, 0.6) is 0 Å². The van der Waals surface area contributed by atoms with E-state index in [1.54, 1.807) is 30.3 Å². The van der Waals surface area contributed by atoms with Crippen molar-refractivity contribution < 1.29 is 9.23 Å². The molecule has 4 aromatic rings. The average Bonchev–Trinajstić information content (AvgIpc) is 2.69. The summed E-state index contributed by atoms with van der Waals surface area (Å²) in [6.07, 6.45) is 0. The third-order valence-electron chi connectivity index (χ3n) is 4.38. The molecule has 0 saturated heterocycles. The lowest BCUT2D eigenvalue weighted by atomic mass is 10.1. The van der Waals surface area contributed by atoms with Crippen molar-refractivity contribution in [3.8, 4) is 22.5 Å². The molecule has 0 atom stereocenters. The molecule has 0 amide bonds. The first-order valence-electron chi connectivity index (χ1n) is 8.39. The first kappa shape index (κ1) is 19.2. The van der Waals surface area contributed by atoms with Crippen LogP contribution in [0.2, 0.25) is 10.0 Å². The van der Waals surface area contributed by atoms with Crippen molar-refractivity contribution >= 4 is 40.1 Å². The fraction of sp³-hybridized carbons (Fsp3) is 0.0500. The van der Waals surface area contributed by atoms with E-state index in [0.29, 0.717) is 21.0 Å². The Morgan fingerprint density at radius 2 is 1.72 bits per heavy atom. The molecule has 0 spiro atoms. The molecule has 0 aliphatic carbocycles. The van der Waals surface area contributed by atoms with E-state index in [0.717, 1.165) is 4.73 Å². The van der Waals surface area contributed by atoms with Crippen LogP contribution in [-0.2, 0) is 0 Å². The molecule has 2 aromatic heterocycles. The Kier molecular flexibility index (Phi) is 4.86. The number of fused-ring (bicyclic) bond motifs is 1. The molecule has 0 aliphatic rings. The molecule has 9 heteroatoms. The molecule has 6 nitrogen and oxygen atoms in total. The van der Waals surface area contributed by atoms with Crippen LogP contribution >= 0.6 is 23.2 Å². The van der Waals surface area contributed by atoms with Crippen LogP contribution in [0.3, 0.4) is 0 Å². The zero-order chi connectivity index (χ0) is 20.7. The number of nitrogens with zero attached hydrogens (tertiary/aromatic N) is 3. The first-order valence-corrected chi connectivity index (χ1v) is 9.15. The number of nitrogens with two attached hydrogens (primary N) is 1. The highest BCUT2D eigenvalue weighted by molar-refractivity contribution is 6.39. The smallest absolute Gasteiger partial charge is 0.293 e. The average molecular weight is 431 g/mol. The van der Waals surface area contributed by atoms with Gasteiger partial charge in [-0.05, 0) is 30.3 Å². The molecule has 0 unspecified atom stereocenters. The molecule has 2 N–H and O–H groups in total. The summed E-state index contributed by atoms with van der Waals surface area (Å²) in [5.41, 5.74) is 6.33. The fourth-order valence-corrected chi connectivity index (χ4v) is 3.65. The van der Waals surface area contributed by atoms with Crippen LogP contribution in [0.25, 0.3) is 33.5 Å². The molecule has 0 saturated carbocycles. The van der Waals surface area contributed by atoms with Gasteiger partial charge in [-0.25, -0.2) is 14.4 Å². The summed E-state index contributed by atoms with van der Waals surface area (Å²) >= 11 is 12.5. The van der Waals surface area contributed by atoms with E-state index in [-0.39, 0.29) is 28.4 Å². The first-order chi connectivity index (χ1) is 13.9. The summed E-state index contributed by atoms with van der Waals surface area (Å²) in [6.45, 7) is 0. The normalized spacial score (nSPS) is 11.0. The Morgan fingerprint density at radius 1 is 1.03 bits per heavy atom. The Hall–Kier alpha value is -3.16. The summed E-state index contributed by atoms with van der Waals surface area (Å²) in [4.78, 5) is 26.9. The zero-order valence-electron chi connectivity index (χ0n) is 15.0. The molecule has 2 aromatic carbocycles. The van der Waals surface area contributed by atoms with Crippen LogP contribution in [0.15, 0.2) is 53.3 Å². The molecular formula is C20H13Cl2FN4O2. The van der Waals surface area contributed by atoms with Gasteiger partial charge in [0.2, 0.25) is 0 Å². The predicted octanol–water partition coefficient (Wildman–Crippen LogP) is 4.21. The van der Waals surface area contributed by atoms with Crippen molar-refractivity contribution in [3.05, 3.63) is 74.7 Å². The maximum Gasteiger partial charge on any atom is 0.293 e. The monoisotopic (exact) mass is 430 g/mol. The Balaban J connectivity index is 2.07. The van der Waals surface area contributed by atoms with Crippen LogP contribution in [0, 0.1) is 5.82 Å². The number of hydrogen-bond acceptors (Lipinski definition) is 5. The number of hydrogen-bond donors (Lipinski definition) is 1. The maximum absolute atomic E-state index is 14.2. The minimum absolute atomic E-state index is 0.0295. The molecule has 0 radical (unpaired) electrons. The van der Waals surface area contributed by atoms with Gasteiger partial charge in [0, 0.05) is 5.56 Å². The van der Waals surface area contributed by atoms with E-state index >= 15 is 0 Å².